The second-order valence-corrected chi connectivity index (χ2v) is 5.62. The molecule has 0 unspecified atom stereocenters. The summed E-state index contributed by atoms with van der Waals surface area (Å²) in [4.78, 5) is 4.50. The van der Waals surface area contributed by atoms with Crippen molar-refractivity contribution < 1.29 is 0 Å². The molecule has 0 amide bonds. The Bertz CT molecular complexity index is 742. The number of benzene rings is 2. The number of rotatable bonds is 4. The zero-order valence-electron chi connectivity index (χ0n) is 11.4. The van der Waals surface area contributed by atoms with Crippen LogP contribution in [0, 0.1) is 0 Å². The van der Waals surface area contributed by atoms with Gasteiger partial charge in [-0.2, -0.15) is 5.10 Å². The molecule has 1 N–H and O–H groups in total. The predicted octanol–water partition coefficient (Wildman–Crippen LogP) is 5.49. The lowest BCUT2D eigenvalue weighted by Crippen LogP contribution is -1.90. The monoisotopic (exact) mass is 393 g/mol. The topological polar surface area (TPSA) is 37.3 Å². The minimum atomic E-state index is 0. The van der Waals surface area contributed by atoms with Gasteiger partial charge in [-0.3, -0.25) is 5.43 Å². The van der Waals surface area contributed by atoms with E-state index in [4.69, 9.17) is 11.6 Å². The average Bonchev–Trinajstić information content (AvgIpc) is 2.99. The summed E-state index contributed by atoms with van der Waals surface area (Å²) in [5.41, 5.74) is 5.97. The van der Waals surface area contributed by atoms with Crippen LogP contribution in [0.5, 0.6) is 0 Å². The van der Waals surface area contributed by atoms with Crippen LogP contribution >= 0.6 is 39.9 Å². The van der Waals surface area contributed by atoms with Crippen molar-refractivity contribution in [2.24, 2.45) is 5.10 Å². The lowest BCUT2D eigenvalue weighted by Gasteiger charge is -1.96. The molecule has 0 radical (unpaired) electrons. The first-order valence-electron chi connectivity index (χ1n) is 6.37. The maximum Gasteiger partial charge on any atom is 0.203 e. The van der Waals surface area contributed by atoms with Crippen LogP contribution in [0.25, 0.3) is 11.3 Å². The third-order valence-electron chi connectivity index (χ3n) is 2.82. The molecular formula is C16H13BrClN3S. The lowest BCUT2D eigenvalue weighted by molar-refractivity contribution is 1.29. The second kappa shape index (κ2) is 8.08. The Labute approximate surface area is 148 Å². The van der Waals surface area contributed by atoms with Gasteiger partial charge in [0.05, 0.1) is 11.9 Å². The van der Waals surface area contributed by atoms with Gasteiger partial charge in [0.25, 0.3) is 0 Å². The Kier molecular flexibility index (Phi) is 6.12. The van der Waals surface area contributed by atoms with E-state index in [0.29, 0.717) is 5.02 Å². The average molecular weight is 395 g/mol. The summed E-state index contributed by atoms with van der Waals surface area (Å²) in [5.74, 6) is 0. The predicted molar refractivity (Wildman–Crippen MR) is 101 cm³/mol. The Morgan fingerprint density at radius 1 is 1.05 bits per heavy atom. The van der Waals surface area contributed by atoms with Gasteiger partial charge in [0, 0.05) is 16.0 Å². The van der Waals surface area contributed by atoms with E-state index in [2.05, 4.69) is 15.5 Å². The molecule has 0 saturated carbocycles. The van der Waals surface area contributed by atoms with E-state index >= 15 is 0 Å². The summed E-state index contributed by atoms with van der Waals surface area (Å²) in [6.07, 6.45) is 1.74. The molecule has 0 saturated heterocycles. The van der Waals surface area contributed by atoms with Gasteiger partial charge in [-0.05, 0) is 17.7 Å². The summed E-state index contributed by atoms with van der Waals surface area (Å²) >= 11 is 7.36. The molecule has 0 aliphatic carbocycles. The molecule has 22 heavy (non-hydrogen) atoms. The van der Waals surface area contributed by atoms with Crippen LogP contribution in [-0.2, 0) is 0 Å². The van der Waals surface area contributed by atoms with Gasteiger partial charge >= 0.3 is 0 Å². The molecule has 1 aromatic heterocycles. The molecule has 0 fully saturated rings. The van der Waals surface area contributed by atoms with Gasteiger partial charge in [-0.25, -0.2) is 4.98 Å². The molecule has 2 aromatic carbocycles. The highest BCUT2D eigenvalue weighted by molar-refractivity contribution is 8.93. The highest BCUT2D eigenvalue weighted by Gasteiger charge is 2.02. The summed E-state index contributed by atoms with van der Waals surface area (Å²) in [6, 6.07) is 17.5. The van der Waals surface area contributed by atoms with Crippen LogP contribution in [0.1, 0.15) is 5.56 Å². The summed E-state index contributed by atoms with van der Waals surface area (Å²) < 4.78 is 0. The Morgan fingerprint density at radius 3 is 2.50 bits per heavy atom. The van der Waals surface area contributed by atoms with Gasteiger partial charge in [-0.15, -0.1) is 28.3 Å². The molecule has 3 aromatic rings. The Morgan fingerprint density at radius 2 is 1.77 bits per heavy atom. The largest absolute Gasteiger partial charge is 0.253 e. The fraction of sp³-hybridized carbons (Fsp3) is 0. The van der Waals surface area contributed by atoms with E-state index in [1.165, 1.54) is 11.3 Å². The highest BCUT2D eigenvalue weighted by Crippen LogP contribution is 2.24. The van der Waals surface area contributed by atoms with Crippen molar-refractivity contribution in [1.29, 1.82) is 0 Å². The molecule has 0 bridgehead atoms. The maximum absolute atomic E-state index is 5.83. The van der Waals surface area contributed by atoms with Crippen molar-refractivity contribution in [3.63, 3.8) is 0 Å². The maximum atomic E-state index is 5.83. The highest BCUT2D eigenvalue weighted by atomic mass is 79.9. The molecule has 1 heterocycles. The second-order valence-electron chi connectivity index (χ2n) is 4.33. The van der Waals surface area contributed by atoms with Crippen molar-refractivity contribution in [1.82, 2.24) is 4.98 Å². The van der Waals surface area contributed by atoms with E-state index in [0.717, 1.165) is 22.0 Å². The van der Waals surface area contributed by atoms with Crippen molar-refractivity contribution in [2.75, 3.05) is 5.43 Å². The standard InChI is InChI=1S/C16H12ClN3S.BrH/c17-14-8-6-12(7-9-14)10-18-20-16-19-15(11-21-16)13-4-2-1-3-5-13;/h1-11H,(H,19,20);1H/b18-10+;. The molecule has 0 spiro atoms. The number of nitrogens with one attached hydrogen (secondary N) is 1. The summed E-state index contributed by atoms with van der Waals surface area (Å²) in [6.45, 7) is 0. The number of hydrazone groups is 1. The van der Waals surface area contributed by atoms with Gasteiger partial charge in [0.1, 0.15) is 0 Å². The zero-order chi connectivity index (χ0) is 14.5. The van der Waals surface area contributed by atoms with Gasteiger partial charge in [-0.1, -0.05) is 54.1 Å². The Balaban J connectivity index is 0.00000176. The quantitative estimate of drug-likeness (QED) is 0.469. The van der Waals surface area contributed by atoms with E-state index < -0.39 is 0 Å². The van der Waals surface area contributed by atoms with Crippen molar-refractivity contribution in [3.8, 4) is 11.3 Å². The third kappa shape index (κ3) is 4.40. The molecule has 0 aliphatic rings. The van der Waals surface area contributed by atoms with E-state index in [1.807, 2.05) is 60.0 Å². The first-order valence-corrected chi connectivity index (χ1v) is 7.62. The van der Waals surface area contributed by atoms with Crippen LogP contribution in [0.15, 0.2) is 65.1 Å². The number of hydrogen-bond donors (Lipinski definition) is 1. The number of nitrogens with zero attached hydrogens (tertiary/aromatic N) is 2. The SMILES string of the molecule is Br.Clc1ccc(/C=N/Nc2nc(-c3ccccc3)cs2)cc1. The number of hydrogen-bond acceptors (Lipinski definition) is 4. The zero-order valence-corrected chi connectivity index (χ0v) is 14.7. The van der Waals surface area contributed by atoms with Crippen LogP contribution in [-0.4, -0.2) is 11.2 Å². The van der Waals surface area contributed by atoms with E-state index in [-0.39, 0.29) is 17.0 Å². The van der Waals surface area contributed by atoms with Crippen LogP contribution < -0.4 is 5.43 Å². The first kappa shape index (κ1) is 16.7. The molecule has 112 valence electrons. The Hall–Kier alpha value is -1.69. The summed E-state index contributed by atoms with van der Waals surface area (Å²) in [7, 11) is 0. The first-order chi connectivity index (χ1) is 10.3. The minimum absolute atomic E-state index is 0. The number of aromatic nitrogens is 1. The fourth-order valence-corrected chi connectivity index (χ4v) is 2.57. The van der Waals surface area contributed by atoms with E-state index in [1.54, 1.807) is 6.21 Å². The lowest BCUT2D eigenvalue weighted by atomic mass is 10.2. The van der Waals surface area contributed by atoms with Crippen molar-refractivity contribution >= 4 is 51.3 Å². The number of anilines is 1. The third-order valence-corrected chi connectivity index (χ3v) is 3.82. The van der Waals surface area contributed by atoms with Crippen molar-refractivity contribution in [3.05, 3.63) is 70.6 Å². The van der Waals surface area contributed by atoms with Gasteiger partial charge in [0.2, 0.25) is 5.13 Å². The van der Waals surface area contributed by atoms with Crippen LogP contribution in [0.2, 0.25) is 5.02 Å². The molecule has 6 heteroatoms. The normalized spacial score (nSPS) is 10.4. The molecule has 0 aliphatic heterocycles. The van der Waals surface area contributed by atoms with Crippen LogP contribution in [0.3, 0.4) is 0 Å². The number of halogens is 2. The molecule has 3 rings (SSSR count). The van der Waals surface area contributed by atoms with Crippen molar-refractivity contribution in [2.45, 2.75) is 0 Å². The summed E-state index contributed by atoms with van der Waals surface area (Å²) in [5, 5.41) is 7.67. The molecule has 0 atom stereocenters. The van der Waals surface area contributed by atoms with Gasteiger partial charge in [0.15, 0.2) is 0 Å². The molecular weight excluding hydrogens is 382 g/mol. The van der Waals surface area contributed by atoms with Gasteiger partial charge < -0.3 is 0 Å². The van der Waals surface area contributed by atoms with Crippen LogP contribution in [0.4, 0.5) is 5.13 Å². The number of thiazole rings is 1. The fourth-order valence-electron chi connectivity index (χ4n) is 1.78. The van der Waals surface area contributed by atoms with E-state index in [9.17, 15) is 0 Å². The smallest absolute Gasteiger partial charge is 0.203 e. The molecule has 3 nitrogen and oxygen atoms in total. The minimum Gasteiger partial charge on any atom is -0.253 e.